The van der Waals surface area contributed by atoms with E-state index in [0.717, 1.165) is 16.2 Å². The quantitative estimate of drug-likeness (QED) is 0.380. The van der Waals surface area contributed by atoms with Crippen LogP contribution in [-0.2, 0) is 16.6 Å². The summed E-state index contributed by atoms with van der Waals surface area (Å²) in [5, 5.41) is 12.3. The molecule has 2 heterocycles. The Morgan fingerprint density at radius 1 is 1.19 bits per heavy atom. The number of nitrogens with one attached hydrogen (secondary N) is 1. The molecule has 3 aromatic rings. The van der Waals surface area contributed by atoms with Crippen molar-refractivity contribution >= 4 is 40.0 Å². The molecule has 0 saturated carbocycles. The number of aryl methyl sites for hydroxylation is 3. The predicted octanol–water partition coefficient (Wildman–Crippen LogP) is 4.46. The maximum absolute atomic E-state index is 12.5. The molecule has 0 aliphatic rings. The van der Waals surface area contributed by atoms with E-state index in [9.17, 15) is 9.59 Å². The highest BCUT2D eigenvalue weighted by Crippen LogP contribution is 2.29. The fourth-order valence-electron chi connectivity index (χ4n) is 3.01. The summed E-state index contributed by atoms with van der Waals surface area (Å²) in [4.78, 5) is 25.2. The van der Waals surface area contributed by atoms with Crippen molar-refractivity contribution < 1.29 is 19.1 Å². The molecule has 1 amide bonds. The molecule has 0 bridgehead atoms. The van der Waals surface area contributed by atoms with E-state index >= 15 is 0 Å². The van der Waals surface area contributed by atoms with Crippen LogP contribution in [0, 0.1) is 20.8 Å². The Hall–Kier alpha value is -2.85. The van der Waals surface area contributed by atoms with Gasteiger partial charge in [-0.2, -0.15) is 0 Å². The first kappa shape index (κ1) is 23.8. The van der Waals surface area contributed by atoms with Crippen molar-refractivity contribution in [2.75, 3.05) is 18.2 Å². The van der Waals surface area contributed by atoms with Gasteiger partial charge in [0, 0.05) is 11.9 Å². The lowest BCUT2D eigenvalue weighted by Gasteiger charge is -2.15. The normalized spacial score (nSPS) is 11.8. The van der Waals surface area contributed by atoms with Crippen LogP contribution in [0.15, 0.2) is 29.4 Å². The topological polar surface area (TPSA) is 95.3 Å². The Morgan fingerprint density at radius 2 is 1.94 bits per heavy atom. The number of carbonyl (C=O) groups is 2. The molecule has 0 spiro atoms. The number of ether oxygens (including phenoxy) is 2. The molecule has 0 fully saturated rings. The van der Waals surface area contributed by atoms with Gasteiger partial charge in [0.05, 0.1) is 18.4 Å². The Labute approximate surface area is 195 Å². The molecule has 1 N–H and O–H groups in total. The molecule has 32 heavy (non-hydrogen) atoms. The summed E-state index contributed by atoms with van der Waals surface area (Å²) >= 11 is 2.59. The van der Waals surface area contributed by atoms with Crippen LogP contribution in [0.5, 0.6) is 5.75 Å². The Morgan fingerprint density at radius 3 is 2.62 bits per heavy atom. The smallest absolute Gasteiger partial charge is 0.340 e. The van der Waals surface area contributed by atoms with Crippen molar-refractivity contribution in [2.24, 2.45) is 7.05 Å². The molecule has 3 rings (SSSR count). The van der Waals surface area contributed by atoms with Crippen LogP contribution < -0.4 is 10.1 Å². The van der Waals surface area contributed by atoms with Gasteiger partial charge in [0.25, 0.3) is 0 Å². The monoisotopic (exact) mass is 474 g/mol. The van der Waals surface area contributed by atoms with E-state index in [-0.39, 0.29) is 17.8 Å². The average molecular weight is 475 g/mol. The van der Waals surface area contributed by atoms with Crippen molar-refractivity contribution in [1.82, 2.24) is 14.8 Å². The highest BCUT2D eigenvalue weighted by Gasteiger charge is 2.20. The fourth-order valence-corrected chi connectivity index (χ4v) is 4.65. The van der Waals surface area contributed by atoms with E-state index in [4.69, 9.17) is 9.47 Å². The zero-order valence-electron chi connectivity index (χ0n) is 18.9. The van der Waals surface area contributed by atoms with Gasteiger partial charge in [-0.05, 0) is 57.0 Å². The summed E-state index contributed by atoms with van der Waals surface area (Å²) in [6.45, 7) is 7.87. The van der Waals surface area contributed by atoms with E-state index in [1.807, 2.05) is 50.6 Å². The molecule has 10 heteroatoms. The van der Waals surface area contributed by atoms with Gasteiger partial charge in [-0.1, -0.05) is 17.8 Å². The number of thioether (sulfide) groups is 1. The Bertz CT molecular complexity index is 1140. The van der Waals surface area contributed by atoms with Gasteiger partial charge in [-0.25, -0.2) is 4.79 Å². The van der Waals surface area contributed by atoms with Crippen LogP contribution in [0.2, 0.25) is 0 Å². The minimum Gasteiger partial charge on any atom is -0.483 e. The molecule has 8 nitrogen and oxygen atoms in total. The Kier molecular flexibility index (Phi) is 7.57. The van der Waals surface area contributed by atoms with E-state index < -0.39 is 5.97 Å². The Balaban J connectivity index is 1.61. The standard InChI is InChI=1S/C22H26N4O4S2/c1-12-7-8-16(9-13(12)2)30-15(4)19-24-25-22(26(19)5)31-11-18(27)23-20-17(21(28)29-6)10-14(3)32-20/h7-10,15H,11H2,1-6H3,(H,23,27). The second kappa shape index (κ2) is 10.2. The third-order valence-corrected chi connectivity index (χ3v) is 6.86. The van der Waals surface area contributed by atoms with Gasteiger partial charge < -0.3 is 19.4 Å². The third-order valence-electron chi connectivity index (χ3n) is 4.87. The number of esters is 1. The van der Waals surface area contributed by atoms with E-state index in [1.54, 1.807) is 6.07 Å². The van der Waals surface area contributed by atoms with Gasteiger partial charge in [-0.15, -0.1) is 21.5 Å². The molecular formula is C22H26N4O4S2. The lowest BCUT2D eigenvalue weighted by molar-refractivity contribution is -0.113. The summed E-state index contributed by atoms with van der Waals surface area (Å²) in [5.41, 5.74) is 2.72. The number of methoxy groups -OCH3 is 1. The zero-order valence-corrected chi connectivity index (χ0v) is 20.5. The van der Waals surface area contributed by atoms with Crippen LogP contribution >= 0.6 is 23.1 Å². The maximum atomic E-state index is 12.5. The highest BCUT2D eigenvalue weighted by molar-refractivity contribution is 7.99. The summed E-state index contributed by atoms with van der Waals surface area (Å²) in [5.74, 6) is 0.826. The first-order valence-corrected chi connectivity index (χ1v) is 11.7. The molecule has 1 atom stereocenters. The number of hydrogen-bond donors (Lipinski definition) is 1. The van der Waals surface area contributed by atoms with Crippen LogP contribution in [-0.4, -0.2) is 39.5 Å². The number of hydrogen-bond acceptors (Lipinski definition) is 8. The predicted molar refractivity (Wildman–Crippen MR) is 126 cm³/mol. The van der Waals surface area contributed by atoms with Crippen molar-refractivity contribution in [3.05, 3.63) is 51.7 Å². The van der Waals surface area contributed by atoms with Crippen molar-refractivity contribution in [3.63, 3.8) is 0 Å². The van der Waals surface area contributed by atoms with Crippen LogP contribution in [0.3, 0.4) is 0 Å². The summed E-state index contributed by atoms with van der Waals surface area (Å²) in [6.07, 6.45) is -0.311. The van der Waals surface area contributed by atoms with Gasteiger partial charge in [0.2, 0.25) is 5.91 Å². The van der Waals surface area contributed by atoms with E-state index in [2.05, 4.69) is 22.4 Å². The van der Waals surface area contributed by atoms with Gasteiger partial charge in [0.15, 0.2) is 17.1 Å². The second-order valence-corrected chi connectivity index (χ2v) is 9.53. The molecular weight excluding hydrogens is 448 g/mol. The fraction of sp³-hybridized carbons (Fsp3) is 0.364. The van der Waals surface area contributed by atoms with Gasteiger partial charge >= 0.3 is 5.97 Å². The molecule has 0 radical (unpaired) electrons. The highest BCUT2D eigenvalue weighted by atomic mass is 32.2. The summed E-state index contributed by atoms with van der Waals surface area (Å²) < 4.78 is 12.6. The molecule has 0 saturated heterocycles. The van der Waals surface area contributed by atoms with Crippen molar-refractivity contribution in [1.29, 1.82) is 0 Å². The molecule has 1 unspecified atom stereocenters. The van der Waals surface area contributed by atoms with Crippen LogP contribution in [0.4, 0.5) is 5.00 Å². The minimum atomic E-state index is -0.479. The summed E-state index contributed by atoms with van der Waals surface area (Å²) in [6, 6.07) is 7.65. The molecule has 170 valence electrons. The molecule has 0 aliphatic heterocycles. The number of nitrogens with zero attached hydrogens (tertiary/aromatic N) is 3. The number of thiophene rings is 1. The number of rotatable bonds is 8. The SMILES string of the molecule is COC(=O)c1cc(C)sc1NC(=O)CSc1nnc(C(C)Oc2ccc(C)c(C)c2)n1C. The lowest BCUT2D eigenvalue weighted by Crippen LogP contribution is -2.16. The minimum absolute atomic E-state index is 0.121. The first-order chi connectivity index (χ1) is 15.2. The van der Waals surface area contributed by atoms with Crippen LogP contribution in [0.1, 0.15) is 45.2 Å². The van der Waals surface area contributed by atoms with Gasteiger partial charge in [0.1, 0.15) is 10.8 Å². The summed E-state index contributed by atoms with van der Waals surface area (Å²) in [7, 11) is 3.15. The average Bonchev–Trinajstić information content (AvgIpc) is 3.30. The van der Waals surface area contributed by atoms with Gasteiger partial charge in [-0.3, -0.25) is 4.79 Å². The maximum Gasteiger partial charge on any atom is 0.340 e. The van der Waals surface area contributed by atoms with Crippen molar-refractivity contribution in [3.8, 4) is 5.75 Å². The second-order valence-electron chi connectivity index (χ2n) is 7.33. The number of aromatic nitrogens is 3. The van der Waals surface area contributed by atoms with E-state index in [0.29, 0.717) is 21.5 Å². The van der Waals surface area contributed by atoms with E-state index in [1.165, 1.54) is 35.8 Å². The van der Waals surface area contributed by atoms with Crippen molar-refractivity contribution in [2.45, 2.75) is 39.0 Å². The largest absolute Gasteiger partial charge is 0.483 e. The number of anilines is 1. The third kappa shape index (κ3) is 5.49. The lowest BCUT2D eigenvalue weighted by atomic mass is 10.1. The molecule has 0 aliphatic carbocycles. The molecule has 2 aromatic heterocycles. The van der Waals surface area contributed by atoms with Crippen LogP contribution in [0.25, 0.3) is 0 Å². The zero-order chi connectivity index (χ0) is 23.4. The molecule has 1 aromatic carbocycles. The first-order valence-electron chi connectivity index (χ1n) is 9.94. The number of amides is 1. The number of carbonyl (C=O) groups excluding carboxylic acids is 2. The number of benzene rings is 1.